The highest BCUT2D eigenvalue weighted by Crippen LogP contribution is 2.28. The van der Waals surface area contributed by atoms with Gasteiger partial charge in [0.2, 0.25) is 0 Å². The largest absolute Gasteiger partial charge is 0.508 e. The van der Waals surface area contributed by atoms with Gasteiger partial charge in [-0.15, -0.1) is 0 Å². The highest BCUT2D eigenvalue weighted by atomic mass is 16.3. The van der Waals surface area contributed by atoms with Crippen molar-refractivity contribution in [2.75, 3.05) is 13.6 Å². The van der Waals surface area contributed by atoms with Gasteiger partial charge in [-0.1, -0.05) is 25.0 Å². The van der Waals surface area contributed by atoms with Crippen LogP contribution < -0.4 is 5.73 Å². The minimum absolute atomic E-state index is 0.347. The van der Waals surface area contributed by atoms with Crippen LogP contribution in [0.2, 0.25) is 0 Å². The second kappa shape index (κ2) is 6.21. The van der Waals surface area contributed by atoms with Crippen LogP contribution in [0.1, 0.15) is 31.2 Å². The normalized spacial score (nSPS) is 24.4. The molecule has 3 heteroatoms. The van der Waals surface area contributed by atoms with Gasteiger partial charge in [0.25, 0.3) is 0 Å². The topological polar surface area (TPSA) is 49.5 Å². The molecule has 2 unspecified atom stereocenters. The van der Waals surface area contributed by atoms with Crippen molar-refractivity contribution in [1.82, 2.24) is 4.90 Å². The molecular formula is C15H24N2O. The van der Waals surface area contributed by atoms with E-state index in [1.807, 2.05) is 12.1 Å². The molecule has 0 aliphatic heterocycles. The summed E-state index contributed by atoms with van der Waals surface area (Å²) in [5, 5.41) is 9.50. The number of rotatable bonds is 4. The highest BCUT2D eigenvalue weighted by Gasteiger charge is 2.27. The smallest absolute Gasteiger partial charge is 0.115 e. The van der Waals surface area contributed by atoms with E-state index in [1.165, 1.54) is 31.2 Å². The maximum absolute atomic E-state index is 9.50. The van der Waals surface area contributed by atoms with Crippen LogP contribution in [0.15, 0.2) is 24.3 Å². The lowest BCUT2D eigenvalue weighted by atomic mass is 9.83. The Morgan fingerprint density at radius 2 is 2.11 bits per heavy atom. The molecule has 100 valence electrons. The number of benzene rings is 1. The Balaban J connectivity index is 1.99. The lowest BCUT2D eigenvalue weighted by molar-refractivity contribution is 0.127. The fraction of sp³-hybridized carbons (Fsp3) is 0.600. The van der Waals surface area contributed by atoms with E-state index in [0.717, 1.165) is 13.1 Å². The Bertz CT molecular complexity index is 381. The summed E-state index contributed by atoms with van der Waals surface area (Å²) in [6.45, 7) is 1.67. The summed E-state index contributed by atoms with van der Waals surface area (Å²) in [5.74, 6) is 0.973. The molecule has 1 aliphatic carbocycles. The van der Waals surface area contributed by atoms with Gasteiger partial charge in [0.05, 0.1) is 0 Å². The van der Waals surface area contributed by atoms with E-state index in [4.69, 9.17) is 5.73 Å². The van der Waals surface area contributed by atoms with Gasteiger partial charge in [0.1, 0.15) is 5.75 Å². The Morgan fingerprint density at radius 1 is 1.33 bits per heavy atom. The van der Waals surface area contributed by atoms with Crippen LogP contribution >= 0.6 is 0 Å². The van der Waals surface area contributed by atoms with Crippen molar-refractivity contribution in [3.63, 3.8) is 0 Å². The number of phenolic OH excluding ortho intramolecular Hbond substituents is 1. The number of hydrogen-bond donors (Lipinski definition) is 2. The van der Waals surface area contributed by atoms with E-state index < -0.39 is 0 Å². The summed E-state index contributed by atoms with van der Waals surface area (Å²) < 4.78 is 0. The Kier molecular flexibility index (Phi) is 4.61. The van der Waals surface area contributed by atoms with Gasteiger partial charge in [-0.2, -0.15) is 0 Å². The first kappa shape index (κ1) is 13.4. The second-order valence-electron chi connectivity index (χ2n) is 5.43. The first-order valence-corrected chi connectivity index (χ1v) is 6.89. The van der Waals surface area contributed by atoms with Crippen LogP contribution in [0.5, 0.6) is 5.75 Å². The van der Waals surface area contributed by atoms with Crippen molar-refractivity contribution in [3.8, 4) is 5.75 Å². The van der Waals surface area contributed by atoms with E-state index in [0.29, 0.717) is 17.7 Å². The summed E-state index contributed by atoms with van der Waals surface area (Å²) in [6.07, 6.45) is 5.13. The molecular weight excluding hydrogens is 224 g/mol. The molecule has 0 aromatic heterocycles. The summed E-state index contributed by atoms with van der Waals surface area (Å²) in [4.78, 5) is 2.39. The van der Waals surface area contributed by atoms with Gasteiger partial charge >= 0.3 is 0 Å². The van der Waals surface area contributed by atoms with Gasteiger partial charge in [-0.05, 0) is 50.0 Å². The van der Waals surface area contributed by atoms with Crippen LogP contribution in [-0.4, -0.2) is 29.6 Å². The first-order chi connectivity index (χ1) is 8.70. The molecule has 1 aromatic carbocycles. The molecule has 0 radical (unpaired) electrons. The molecule has 0 spiro atoms. The molecule has 1 saturated carbocycles. The van der Waals surface area contributed by atoms with Gasteiger partial charge in [-0.3, -0.25) is 4.90 Å². The molecule has 0 bridgehead atoms. The third kappa shape index (κ3) is 3.24. The molecule has 3 nitrogen and oxygen atoms in total. The molecule has 0 heterocycles. The van der Waals surface area contributed by atoms with Crippen molar-refractivity contribution in [3.05, 3.63) is 29.8 Å². The summed E-state index contributed by atoms with van der Waals surface area (Å²) in [7, 11) is 2.17. The van der Waals surface area contributed by atoms with Crippen molar-refractivity contribution in [2.45, 2.75) is 38.3 Å². The number of nitrogens with zero attached hydrogens (tertiary/aromatic N) is 1. The second-order valence-corrected chi connectivity index (χ2v) is 5.43. The zero-order valence-corrected chi connectivity index (χ0v) is 11.2. The predicted molar refractivity (Wildman–Crippen MR) is 74.4 cm³/mol. The first-order valence-electron chi connectivity index (χ1n) is 6.89. The van der Waals surface area contributed by atoms with Crippen molar-refractivity contribution in [1.29, 1.82) is 0 Å². The van der Waals surface area contributed by atoms with Gasteiger partial charge in [0, 0.05) is 12.6 Å². The maximum Gasteiger partial charge on any atom is 0.115 e. The SMILES string of the molecule is CN(Cc1cccc(O)c1)C1CCCCC1CN. The van der Waals surface area contributed by atoms with E-state index in [1.54, 1.807) is 6.07 Å². The van der Waals surface area contributed by atoms with Crippen LogP contribution in [0.3, 0.4) is 0 Å². The fourth-order valence-electron chi connectivity index (χ4n) is 3.10. The highest BCUT2D eigenvalue weighted by molar-refractivity contribution is 5.27. The lowest BCUT2D eigenvalue weighted by Crippen LogP contribution is -2.42. The maximum atomic E-state index is 9.50. The van der Waals surface area contributed by atoms with E-state index >= 15 is 0 Å². The number of nitrogens with two attached hydrogens (primary N) is 1. The summed E-state index contributed by atoms with van der Waals surface area (Å²) >= 11 is 0. The molecule has 1 aliphatic rings. The van der Waals surface area contributed by atoms with E-state index in [2.05, 4.69) is 18.0 Å². The minimum atomic E-state index is 0.347. The zero-order valence-electron chi connectivity index (χ0n) is 11.2. The molecule has 0 saturated heterocycles. The standard InChI is InChI=1S/C15H24N2O/c1-17(11-12-5-4-7-14(18)9-12)15-8-3-2-6-13(15)10-16/h4-5,7,9,13,15,18H,2-3,6,8,10-11,16H2,1H3. The van der Waals surface area contributed by atoms with Crippen LogP contribution in [0.4, 0.5) is 0 Å². The summed E-state index contributed by atoms with van der Waals surface area (Å²) in [6, 6.07) is 8.12. The molecule has 3 N–H and O–H groups in total. The quantitative estimate of drug-likeness (QED) is 0.860. The molecule has 1 fully saturated rings. The number of phenols is 1. The molecule has 2 rings (SSSR count). The monoisotopic (exact) mass is 248 g/mol. The average Bonchev–Trinajstić information content (AvgIpc) is 2.38. The Hall–Kier alpha value is -1.06. The number of aromatic hydroxyl groups is 1. The van der Waals surface area contributed by atoms with Crippen molar-refractivity contribution in [2.24, 2.45) is 11.7 Å². The fourth-order valence-corrected chi connectivity index (χ4v) is 3.10. The van der Waals surface area contributed by atoms with Crippen LogP contribution in [-0.2, 0) is 6.54 Å². The molecule has 1 aromatic rings. The number of hydrogen-bond acceptors (Lipinski definition) is 3. The molecule has 18 heavy (non-hydrogen) atoms. The van der Waals surface area contributed by atoms with Crippen LogP contribution in [0, 0.1) is 5.92 Å². The Morgan fingerprint density at radius 3 is 2.83 bits per heavy atom. The van der Waals surface area contributed by atoms with Gasteiger partial charge in [0.15, 0.2) is 0 Å². The van der Waals surface area contributed by atoms with Crippen molar-refractivity contribution < 1.29 is 5.11 Å². The van der Waals surface area contributed by atoms with Gasteiger partial charge < -0.3 is 10.8 Å². The molecule has 2 atom stereocenters. The third-order valence-electron chi connectivity index (χ3n) is 4.08. The zero-order chi connectivity index (χ0) is 13.0. The van der Waals surface area contributed by atoms with Crippen LogP contribution in [0.25, 0.3) is 0 Å². The predicted octanol–water partition coefficient (Wildman–Crippen LogP) is 2.34. The van der Waals surface area contributed by atoms with E-state index in [-0.39, 0.29) is 0 Å². The van der Waals surface area contributed by atoms with Gasteiger partial charge in [-0.25, -0.2) is 0 Å². The Labute approximate surface area is 110 Å². The van der Waals surface area contributed by atoms with E-state index in [9.17, 15) is 5.11 Å². The summed E-state index contributed by atoms with van der Waals surface area (Å²) in [5.41, 5.74) is 7.05. The third-order valence-corrected chi connectivity index (χ3v) is 4.08. The minimum Gasteiger partial charge on any atom is -0.508 e. The average molecular weight is 248 g/mol. The molecule has 0 amide bonds. The van der Waals surface area contributed by atoms with Crippen molar-refractivity contribution >= 4 is 0 Å². The lowest BCUT2D eigenvalue weighted by Gasteiger charge is -2.37.